The summed E-state index contributed by atoms with van der Waals surface area (Å²) in [5.41, 5.74) is 0.620. The normalized spacial score (nSPS) is 10.3. The number of anilines is 1. The molecule has 9 nitrogen and oxygen atoms in total. The number of rotatable bonds is 7. The van der Waals surface area contributed by atoms with E-state index < -0.39 is 10.8 Å². The van der Waals surface area contributed by atoms with Gasteiger partial charge in [0.25, 0.3) is 5.91 Å². The lowest BCUT2D eigenvalue weighted by Gasteiger charge is -2.07. The number of carbonyl (C=O) groups excluding carboxylic acids is 1. The first-order chi connectivity index (χ1) is 13.1. The van der Waals surface area contributed by atoms with Gasteiger partial charge < -0.3 is 14.8 Å². The van der Waals surface area contributed by atoms with Gasteiger partial charge in [0.05, 0.1) is 12.0 Å². The van der Waals surface area contributed by atoms with Gasteiger partial charge in [-0.25, -0.2) is 4.68 Å². The highest BCUT2D eigenvalue weighted by Crippen LogP contribution is 2.26. The molecule has 0 aliphatic heterocycles. The maximum Gasteiger partial charge on any atom is 0.311 e. The molecule has 0 saturated heterocycles. The second kappa shape index (κ2) is 8.00. The molecular weight excluding hydrogens is 352 g/mol. The van der Waals surface area contributed by atoms with Crippen LogP contribution in [0.5, 0.6) is 11.5 Å². The molecule has 138 valence electrons. The SMILES string of the molecule is COc1cccc(NC(=O)c2ccn(COc3ccccc3[N+](=O)[O-])n2)c1. The van der Waals surface area contributed by atoms with Gasteiger partial charge in [-0.3, -0.25) is 14.9 Å². The monoisotopic (exact) mass is 368 g/mol. The Balaban J connectivity index is 1.64. The predicted molar refractivity (Wildman–Crippen MR) is 96.9 cm³/mol. The molecule has 1 aromatic heterocycles. The quantitative estimate of drug-likeness (QED) is 0.507. The number of nitrogens with zero attached hydrogens (tertiary/aromatic N) is 3. The van der Waals surface area contributed by atoms with E-state index in [4.69, 9.17) is 9.47 Å². The number of carbonyl (C=O) groups is 1. The van der Waals surface area contributed by atoms with Crippen LogP contribution in [0.4, 0.5) is 11.4 Å². The Morgan fingerprint density at radius 3 is 2.81 bits per heavy atom. The van der Waals surface area contributed by atoms with Gasteiger partial charge in [-0.05, 0) is 24.3 Å². The predicted octanol–water partition coefficient (Wildman–Crippen LogP) is 3.09. The van der Waals surface area contributed by atoms with Crippen molar-refractivity contribution in [3.05, 3.63) is 76.6 Å². The fraction of sp³-hybridized carbons (Fsp3) is 0.111. The molecule has 1 amide bonds. The number of amides is 1. The number of para-hydroxylation sites is 2. The minimum absolute atomic E-state index is 0.0721. The molecule has 3 aromatic rings. The number of nitrogens with one attached hydrogen (secondary N) is 1. The smallest absolute Gasteiger partial charge is 0.311 e. The lowest BCUT2D eigenvalue weighted by Crippen LogP contribution is -2.14. The Morgan fingerprint density at radius 2 is 2.04 bits per heavy atom. The molecule has 0 saturated carbocycles. The van der Waals surface area contributed by atoms with Crippen molar-refractivity contribution in [1.82, 2.24) is 9.78 Å². The van der Waals surface area contributed by atoms with E-state index in [-0.39, 0.29) is 23.9 Å². The molecule has 0 aliphatic rings. The minimum Gasteiger partial charge on any atom is -0.497 e. The van der Waals surface area contributed by atoms with Crippen molar-refractivity contribution in [2.75, 3.05) is 12.4 Å². The van der Waals surface area contributed by atoms with Crippen molar-refractivity contribution in [2.45, 2.75) is 6.73 Å². The van der Waals surface area contributed by atoms with Gasteiger partial charge in [-0.2, -0.15) is 5.10 Å². The summed E-state index contributed by atoms with van der Waals surface area (Å²) < 4.78 is 11.9. The van der Waals surface area contributed by atoms with Gasteiger partial charge in [0.2, 0.25) is 0 Å². The highest BCUT2D eigenvalue weighted by Gasteiger charge is 2.15. The lowest BCUT2D eigenvalue weighted by atomic mass is 10.3. The summed E-state index contributed by atoms with van der Waals surface area (Å²) in [6.07, 6.45) is 1.55. The van der Waals surface area contributed by atoms with Gasteiger partial charge in [0, 0.05) is 24.0 Å². The molecule has 27 heavy (non-hydrogen) atoms. The van der Waals surface area contributed by atoms with Crippen molar-refractivity contribution < 1.29 is 19.2 Å². The molecule has 0 bridgehead atoms. The Hall–Kier alpha value is -3.88. The van der Waals surface area contributed by atoms with Crippen LogP contribution >= 0.6 is 0 Å². The highest BCUT2D eigenvalue weighted by atomic mass is 16.6. The van der Waals surface area contributed by atoms with Crippen LogP contribution in [0, 0.1) is 10.1 Å². The van der Waals surface area contributed by atoms with Crippen LogP contribution in [-0.2, 0) is 6.73 Å². The van der Waals surface area contributed by atoms with Gasteiger partial charge >= 0.3 is 5.69 Å². The van der Waals surface area contributed by atoms with Gasteiger partial charge in [0.15, 0.2) is 18.2 Å². The number of nitro groups is 1. The number of ether oxygens (including phenoxy) is 2. The van der Waals surface area contributed by atoms with E-state index in [0.717, 1.165) is 0 Å². The number of hydrogen-bond acceptors (Lipinski definition) is 6. The Labute approximate surface area is 154 Å². The second-order valence-electron chi connectivity index (χ2n) is 5.42. The zero-order chi connectivity index (χ0) is 19.2. The summed E-state index contributed by atoms with van der Waals surface area (Å²) in [4.78, 5) is 22.8. The van der Waals surface area contributed by atoms with Gasteiger partial charge in [-0.1, -0.05) is 18.2 Å². The first-order valence-electron chi connectivity index (χ1n) is 7.92. The van der Waals surface area contributed by atoms with Crippen LogP contribution in [0.15, 0.2) is 60.8 Å². The standard InChI is InChI=1S/C18H16N4O5/c1-26-14-6-4-5-13(11-14)19-18(23)15-9-10-21(20-15)12-27-17-8-3-2-7-16(17)22(24)25/h2-11H,12H2,1H3,(H,19,23). The van der Waals surface area contributed by atoms with Crippen LogP contribution in [0.2, 0.25) is 0 Å². The molecule has 3 rings (SSSR count). The molecule has 0 atom stereocenters. The molecule has 0 spiro atoms. The molecule has 0 radical (unpaired) electrons. The first kappa shape index (κ1) is 17.9. The molecule has 0 fully saturated rings. The van der Waals surface area contributed by atoms with E-state index >= 15 is 0 Å². The molecular formula is C18H16N4O5. The third kappa shape index (κ3) is 4.40. The fourth-order valence-corrected chi connectivity index (χ4v) is 2.32. The van der Waals surface area contributed by atoms with Gasteiger partial charge in [-0.15, -0.1) is 0 Å². The summed E-state index contributed by atoms with van der Waals surface area (Å²) in [5.74, 6) is 0.351. The number of hydrogen-bond donors (Lipinski definition) is 1. The van der Waals surface area contributed by atoms with Crippen molar-refractivity contribution >= 4 is 17.3 Å². The van der Waals surface area contributed by atoms with Gasteiger partial charge in [0.1, 0.15) is 5.75 Å². The number of aromatic nitrogens is 2. The summed E-state index contributed by atoms with van der Waals surface area (Å²) in [5, 5.41) is 17.8. The summed E-state index contributed by atoms with van der Waals surface area (Å²) in [6.45, 7) is -0.0721. The fourth-order valence-electron chi connectivity index (χ4n) is 2.32. The van der Waals surface area contributed by atoms with Crippen LogP contribution in [0.25, 0.3) is 0 Å². The Morgan fingerprint density at radius 1 is 1.22 bits per heavy atom. The summed E-state index contributed by atoms with van der Waals surface area (Å²) in [7, 11) is 1.54. The molecule has 0 aliphatic carbocycles. The first-order valence-corrected chi connectivity index (χ1v) is 7.92. The maximum atomic E-state index is 12.3. The number of methoxy groups -OCH3 is 1. The molecule has 9 heteroatoms. The van der Waals surface area contributed by atoms with E-state index in [1.165, 1.54) is 22.9 Å². The third-order valence-corrected chi connectivity index (χ3v) is 3.62. The molecule has 1 heterocycles. The average Bonchev–Trinajstić information content (AvgIpc) is 3.16. The van der Waals surface area contributed by atoms with Crippen LogP contribution < -0.4 is 14.8 Å². The van der Waals surface area contributed by atoms with Crippen molar-refractivity contribution in [2.24, 2.45) is 0 Å². The average molecular weight is 368 g/mol. The van der Waals surface area contributed by atoms with Crippen molar-refractivity contribution in [1.29, 1.82) is 0 Å². The highest BCUT2D eigenvalue weighted by molar-refractivity contribution is 6.02. The van der Waals surface area contributed by atoms with E-state index in [1.54, 1.807) is 49.7 Å². The van der Waals surface area contributed by atoms with Crippen molar-refractivity contribution in [3.8, 4) is 11.5 Å². The van der Waals surface area contributed by atoms with E-state index in [0.29, 0.717) is 11.4 Å². The largest absolute Gasteiger partial charge is 0.497 e. The zero-order valence-electron chi connectivity index (χ0n) is 14.4. The summed E-state index contributed by atoms with van der Waals surface area (Å²) >= 11 is 0. The molecule has 1 N–H and O–H groups in total. The third-order valence-electron chi connectivity index (χ3n) is 3.62. The van der Waals surface area contributed by atoms with Crippen LogP contribution in [-0.4, -0.2) is 27.7 Å². The molecule has 2 aromatic carbocycles. The van der Waals surface area contributed by atoms with Crippen LogP contribution in [0.1, 0.15) is 10.5 Å². The van der Waals surface area contributed by atoms with Crippen LogP contribution in [0.3, 0.4) is 0 Å². The Kier molecular flexibility index (Phi) is 5.31. The maximum absolute atomic E-state index is 12.3. The number of benzene rings is 2. The van der Waals surface area contributed by atoms with E-state index in [9.17, 15) is 14.9 Å². The number of nitro benzene ring substituents is 1. The van der Waals surface area contributed by atoms with E-state index in [2.05, 4.69) is 10.4 Å². The second-order valence-corrected chi connectivity index (χ2v) is 5.42. The lowest BCUT2D eigenvalue weighted by molar-refractivity contribution is -0.386. The minimum atomic E-state index is -0.522. The topological polar surface area (TPSA) is 109 Å². The molecule has 0 unspecified atom stereocenters. The van der Waals surface area contributed by atoms with Crippen molar-refractivity contribution in [3.63, 3.8) is 0 Å². The zero-order valence-corrected chi connectivity index (χ0v) is 14.4. The van der Waals surface area contributed by atoms with E-state index in [1.807, 2.05) is 0 Å². The Bertz CT molecular complexity index is 970. The summed E-state index contributed by atoms with van der Waals surface area (Å²) in [6, 6.07) is 14.5.